The quantitative estimate of drug-likeness (QED) is 0.776. The van der Waals surface area contributed by atoms with Gasteiger partial charge in [0.05, 0.1) is 17.8 Å². The van der Waals surface area contributed by atoms with Gasteiger partial charge in [0.1, 0.15) is 5.75 Å². The number of sulfonamides is 1. The molecule has 0 spiro atoms. The minimum Gasteiger partial charge on any atom is -0.497 e. The van der Waals surface area contributed by atoms with Crippen LogP contribution in [0.4, 0.5) is 5.69 Å². The largest absolute Gasteiger partial charge is 0.497 e. The van der Waals surface area contributed by atoms with Crippen molar-refractivity contribution >= 4 is 33.4 Å². The second-order valence-corrected chi connectivity index (χ2v) is 7.20. The summed E-state index contributed by atoms with van der Waals surface area (Å²) in [6, 6.07) is 13.2. The van der Waals surface area contributed by atoms with E-state index in [4.69, 9.17) is 9.88 Å². The molecule has 0 aliphatic rings. The number of anilines is 1. The number of carbonyl (C=O) groups excluding carboxylic acids is 1. The molecule has 0 aliphatic heterocycles. The second kappa shape index (κ2) is 7.49. The number of carbonyl (C=O) groups is 1. The van der Waals surface area contributed by atoms with E-state index in [2.05, 4.69) is 5.32 Å². The topological polar surface area (TPSA) is 98.5 Å². The highest BCUT2D eigenvalue weighted by molar-refractivity contribution is 8.00. The molecular formula is C15H16N2O4S2. The Kier molecular flexibility index (Phi) is 5.64. The van der Waals surface area contributed by atoms with E-state index >= 15 is 0 Å². The van der Waals surface area contributed by atoms with Crippen LogP contribution in [0.3, 0.4) is 0 Å². The normalized spacial score (nSPS) is 11.0. The summed E-state index contributed by atoms with van der Waals surface area (Å²) >= 11 is 1.37. The van der Waals surface area contributed by atoms with Crippen LogP contribution in [0.25, 0.3) is 0 Å². The SMILES string of the molecule is COc1ccc(SCC(=O)Nc2cccc(S(N)(=O)=O)c2)cc1. The fourth-order valence-corrected chi connectivity index (χ4v) is 3.03. The van der Waals surface area contributed by atoms with Crippen LogP contribution in [-0.4, -0.2) is 27.2 Å². The predicted molar refractivity (Wildman–Crippen MR) is 90.2 cm³/mol. The molecule has 0 bridgehead atoms. The Morgan fingerprint density at radius 3 is 2.52 bits per heavy atom. The maximum atomic E-state index is 11.9. The van der Waals surface area contributed by atoms with Crippen molar-refractivity contribution in [1.82, 2.24) is 0 Å². The molecule has 122 valence electrons. The summed E-state index contributed by atoms with van der Waals surface area (Å²) in [6.07, 6.45) is 0. The van der Waals surface area contributed by atoms with Crippen LogP contribution in [0.2, 0.25) is 0 Å². The van der Waals surface area contributed by atoms with Crippen LogP contribution in [0.15, 0.2) is 58.3 Å². The first-order valence-electron chi connectivity index (χ1n) is 6.58. The van der Waals surface area contributed by atoms with Crippen molar-refractivity contribution in [3.8, 4) is 5.75 Å². The van der Waals surface area contributed by atoms with E-state index in [1.54, 1.807) is 13.2 Å². The lowest BCUT2D eigenvalue weighted by Crippen LogP contribution is -2.16. The molecule has 0 aliphatic carbocycles. The van der Waals surface area contributed by atoms with E-state index in [0.717, 1.165) is 10.6 Å². The smallest absolute Gasteiger partial charge is 0.238 e. The minimum atomic E-state index is -3.79. The lowest BCUT2D eigenvalue weighted by atomic mass is 10.3. The molecular weight excluding hydrogens is 336 g/mol. The van der Waals surface area contributed by atoms with E-state index in [9.17, 15) is 13.2 Å². The highest BCUT2D eigenvalue weighted by Gasteiger charge is 2.09. The van der Waals surface area contributed by atoms with Crippen LogP contribution < -0.4 is 15.2 Å². The molecule has 2 aromatic rings. The monoisotopic (exact) mass is 352 g/mol. The number of hydrogen-bond acceptors (Lipinski definition) is 5. The van der Waals surface area contributed by atoms with Crippen molar-refractivity contribution in [1.29, 1.82) is 0 Å². The van der Waals surface area contributed by atoms with Crippen LogP contribution in [0.5, 0.6) is 5.75 Å². The van der Waals surface area contributed by atoms with Crippen molar-refractivity contribution in [2.75, 3.05) is 18.2 Å². The molecule has 0 saturated heterocycles. The van der Waals surface area contributed by atoms with Gasteiger partial charge in [-0.05, 0) is 42.5 Å². The first-order valence-corrected chi connectivity index (χ1v) is 9.11. The zero-order valence-electron chi connectivity index (χ0n) is 12.4. The number of primary sulfonamides is 1. The van der Waals surface area contributed by atoms with E-state index in [1.807, 2.05) is 24.3 Å². The summed E-state index contributed by atoms with van der Waals surface area (Å²) in [7, 11) is -2.20. The van der Waals surface area contributed by atoms with Crippen molar-refractivity contribution in [3.63, 3.8) is 0 Å². The molecule has 3 N–H and O–H groups in total. The number of thioether (sulfide) groups is 1. The number of amides is 1. The first-order chi connectivity index (χ1) is 10.9. The summed E-state index contributed by atoms with van der Waals surface area (Å²) in [4.78, 5) is 12.8. The van der Waals surface area contributed by atoms with Gasteiger partial charge in [0.15, 0.2) is 0 Å². The zero-order valence-corrected chi connectivity index (χ0v) is 14.0. The average Bonchev–Trinajstić information content (AvgIpc) is 2.53. The third-order valence-corrected chi connectivity index (χ3v) is 4.80. The molecule has 8 heteroatoms. The molecule has 0 heterocycles. The number of nitrogens with one attached hydrogen (secondary N) is 1. The number of nitrogens with two attached hydrogens (primary N) is 1. The molecule has 0 atom stereocenters. The lowest BCUT2D eigenvalue weighted by Gasteiger charge is -2.07. The number of hydrogen-bond donors (Lipinski definition) is 2. The van der Waals surface area contributed by atoms with Gasteiger partial charge >= 0.3 is 0 Å². The summed E-state index contributed by atoms with van der Waals surface area (Å²) < 4.78 is 27.6. The molecule has 23 heavy (non-hydrogen) atoms. The molecule has 0 aromatic heterocycles. The Morgan fingerprint density at radius 1 is 1.22 bits per heavy atom. The fourth-order valence-electron chi connectivity index (χ4n) is 1.77. The van der Waals surface area contributed by atoms with Crippen molar-refractivity contribution in [2.45, 2.75) is 9.79 Å². The number of methoxy groups -OCH3 is 1. The Bertz CT molecular complexity index is 789. The van der Waals surface area contributed by atoms with Gasteiger partial charge in [0, 0.05) is 10.6 Å². The molecule has 1 amide bonds. The van der Waals surface area contributed by atoms with Crippen LogP contribution in [0, 0.1) is 0 Å². The molecule has 0 saturated carbocycles. The highest BCUT2D eigenvalue weighted by Crippen LogP contribution is 2.21. The average molecular weight is 352 g/mol. The third-order valence-electron chi connectivity index (χ3n) is 2.88. The van der Waals surface area contributed by atoms with E-state index < -0.39 is 10.0 Å². The second-order valence-electron chi connectivity index (χ2n) is 4.59. The van der Waals surface area contributed by atoms with Gasteiger partial charge in [-0.2, -0.15) is 0 Å². The Labute approximate surface area is 139 Å². The van der Waals surface area contributed by atoms with Gasteiger partial charge < -0.3 is 10.1 Å². The van der Waals surface area contributed by atoms with Gasteiger partial charge in [0.2, 0.25) is 15.9 Å². The van der Waals surface area contributed by atoms with Gasteiger partial charge in [-0.3, -0.25) is 4.79 Å². The molecule has 2 aromatic carbocycles. The van der Waals surface area contributed by atoms with Crippen LogP contribution in [0.1, 0.15) is 0 Å². The Hall–Kier alpha value is -2.03. The number of benzene rings is 2. The summed E-state index contributed by atoms with van der Waals surface area (Å²) in [5.41, 5.74) is 0.386. The Morgan fingerprint density at radius 2 is 1.91 bits per heavy atom. The summed E-state index contributed by atoms with van der Waals surface area (Å²) in [5.74, 6) is 0.711. The van der Waals surface area contributed by atoms with Crippen molar-refractivity contribution < 1.29 is 17.9 Å². The summed E-state index contributed by atoms with van der Waals surface area (Å²) in [5, 5.41) is 7.70. The van der Waals surface area contributed by atoms with E-state index in [0.29, 0.717) is 5.69 Å². The fraction of sp³-hybridized carbons (Fsp3) is 0.133. The Balaban J connectivity index is 1.94. The maximum absolute atomic E-state index is 11.9. The van der Waals surface area contributed by atoms with Gasteiger partial charge in [0.25, 0.3) is 0 Å². The van der Waals surface area contributed by atoms with E-state index in [-0.39, 0.29) is 16.6 Å². The molecule has 0 radical (unpaired) electrons. The van der Waals surface area contributed by atoms with Gasteiger partial charge in [-0.25, -0.2) is 13.6 Å². The number of rotatable bonds is 6. The minimum absolute atomic E-state index is 0.0434. The molecule has 0 fully saturated rings. The predicted octanol–water partition coefficient (Wildman–Crippen LogP) is 2.07. The first kappa shape index (κ1) is 17.3. The van der Waals surface area contributed by atoms with Crippen molar-refractivity contribution in [3.05, 3.63) is 48.5 Å². The lowest BCUT2D eigenvalue weighted by molar-refractivity contribution is -0.113. The molecule has 2 rings (SSSR count). The molecule has 0 unspecified atom stereocenters. The number of ether oxygens (including phenoxy) is 1. The summed E-state index contributed by atoms with van der Waals surface area (Å²) in [6.45, 7) is 0. The van der Waals surface area contributed by atoms with Crippen LogP contribution >= 0.6 is 11.8 Å². The van der Waals surface area contributed by atoms with Crippen molar-refractivity contribution in [2.24, 2.45) is 5.14 Å². The third kappa shape index (κ3) is 5.27. The van der Waals surface area contributed by atoms with Crippen LogP contribution in [-0.2, 0) is 14.8 Å². The standard InChI is InChI=1S/C15H16N2O4S2/c1-21-12-5-7-13(8-6-12)22-10-15(18)17-11-3-2-4-14(9-11)23(16,19)20/h2-9H,10H2,1H3,(H,17,18)(H2,16,19,20). The zero-order chi connectivity index (χ0) is 16.9. The molecule has 6 nitrogen and oxygen atoms in total. The highest BCUT2D eigenvalue weighted by atomic mass is 32.2. The maximum Gasteiger partial charge on any atom is 0.238 e. The van der Waals surface area contributed by atoms with Gasteiger partial charge in [-0.1, -0.05) is 6.07 Å². The van der Waals surface area contributed by atoms with E-state index in [1.165, 1.54) is 30.0 Å². The van der Waals surface area contributed by atoms with Gasteiger partial charge in [-0.15, -0.1) is 11.8 Å².